The summed E-state index contributed by atoms with van der Waals surface area (Å²) in [5.41, 5.74) is 0.759. The minimum absolute atomic E-state index is 0.207. The summed E-state index contributed by atoms with van der Waals surface area (Å²) in [6.07, 6.45) is 1.59. The van der Waals surface area contributed by atoms with Crippen molar-refractivity contribution in [3.05, 3.63) is 46.1 Å². The van der Waals surface area contributed by atoms with Crippen LogP contribution < -0.4 is 15.5 Å². The molecule has 1 atom stereocenters. The lowest BCUT2D eigenvalue weighted by molar-refractivity contribution is 0.179. The zero-order valence-electron chi connectivity index (χ0n) is 17.0. The van der Waals surface area contributed by atoms with E-state index in [1.807, 2.05) is 24.8 Å². The molecule has 3 N–H and O–H groups in total. The topological polar surface area (TPSA) is 93.6 Å². The molecule has 0 aliphatic carbocycles. The Labute approximate surface area is 186 Å². The number of anilines is 2. The van der Waals surface area contributed by atoms with Gasteiger partial charge >= 0.3 is 6.03 Å². The van der Waals surface area contributed by atoms with Crippen LogP contribution in [0.4, 0.5) is 16.6 Å². The quantitative estimate of drug-likeness (QED) is 0.622. The maximum Gasteiger partial charge on any atom is 0.318 e. The van der Waals surface area contributed by atoms with Gasteiger partial charge < -0.3 is 25.5 Å². The number of benzene rings is 1. The van der Waals surface area contributed by atoms with Crippen LogP contribution in [-0.2, 0) is 0 Å². The number of carbonyl (C=O) groups is 1. The lowest BCUT2D eigenvalue weighted by Crippen LogP contribution is -2.52. The average Bonchev–Trinajstić information content (AvgIpc) is 2.73. The Morgan fingerprint density at radius 3 is 2.60 bits per heavy atom. The number of carbonyl (C=O) groups excluding carboxylic acids is 1. The van der Waals surface area contributed by atoms with Crippen LogP contribution in [0.25, 0.3) is 0 Å². The van der Waals surface area contributed by atoms with Gasteiger partial charge in [0.1, 0.15) is 5.02 Å². The number of hydrogen-bond acceptors (Lipinski definition) is 6. The Hall–Kier alpha value is -2.29. The number of hydrogen-bond donors (Lipinski definition) is 3. The Morgan fingerprint density at radius 1 is 1.23 bits per heavy atom. The number of nitrogens with one attached hydrogen (secondary N) is 2. The van der Waals surface area contributed by atoms with Crippen molar-refractivity contribution < 1.29 is 9.90 Å². The second-order valence-corrected chi connectivity index (χ2v) is 8.22. The van der Waals surface area contributed by atoms with Gasteiger partial charge in [-0.2, -0.15) is 4.98 Å². The average molecular weight is 453 g/mol. The van der Waals surface area contributed by atoms with E-state index in [4.69, 9.17) is 23.2 Å². The van der Waals surface area contributed by atoms with E-state index >= 15 is 0 Å². The largest absolute Gasteiger partial charge is 0.394 e. The van der Waals surface area contributed by atoms with Gasteiger partial charge in [-0.1, -0.05) is 35.3 Å². The molecule has 30 heavy (non-hydrogen) atoms. The Bertz CT molecular complexity index is 874. The third-order valence-electron chi connectivity index (χ3n) is 4.74. The molecule has 1 fully saturated rings. The Morgan fingerprint density at radius 2 is 1.97 bits per heavy atom. The third kappa shape index (κ3) is 5.65. The monoisotopic (exact) mass is 452 g/mol. The first-order valence-corrected chi connectivity index (χ1v) is 10.6. The molecule has 2 amide bonds. The van der Waals surface area contributed by atoms with Crippen molar-refractivity contribution in [3.8, 4) is 0 Å². The van der Waals surface area contributed by atoms with E-state index < -0.39 is 6.04 Å². The first-order chi connectivity index (χ1) is 14.4. The molecule has 0 saturated carbocycles. The number of aliphatic hydroxyl groups excluding tert-OH is 1. The van der Waals surface area contributed by atoms with E-state index in [2.05, 4.69) is 20.6 Å². The maximum absolute atomic E-state index is 12.7. The molecule has 8 nitrogen and oxygen atoms in total. The second kappa shape index (κ2) is 10.1. The third-order valence-corrected chi connectivity index (χ3v) is 5.24. The standard InChI is InChI=1S/C20H26Cl2N6O2/c1-13(2)24-19-23-11-16(22)18(26-19)27-6-8-28(9-7-27)20(30)25-17(12-29)14-4-3-5-15(21)10-14/h3-5,10-11,13,17,29H,6-9,12H2,1-2H3,(H,25,30)(H,23,24,26)/t17-/m1/s1. The van der Waals surface area contributed by atoms with Gasteiger partial charge in [0.05, 0.1) is 18.8 Å². The van der Waals surface area contributed by atoms with E-state index in [0.29, 0.717) is 48.0 Å². The van der Waals surface area contributed by atoms with Gasteiger partial charge in [-0.15, -0.1) is 0 Å². The number of urea groups is 1. The lowest BCUT2D eigenvalue weighted by atomic mass is 10.1. The molecule has 1 saturated heterocycles. The fraction of sp³-hybridized carbons (Fsp3) is 0.450. The zero-order valence-corrected chi connectivity index (χ0v) is 18.5. The molecule has 1 aromatic heterocycles. The first kappa shape index (κ1) is 22.4. The molecular weight excluding hydrogens is 427 g/mol. The van der Waals surface area contributed by atoms with Gasteiger partial charge in [0, 0.05) is 37.2 Å². The highest BCUT2D eigenvalue weighted by Crippen LogP contribution is 2.25. The van der Waals surface area contributed by atoms with Crippen LogP contribution in [0.1, 0.15) is 25.5 Å². The van der Waals surface area contributed by atoms with Crippen LogP contribution in [0.5, 0.6) is 0 Å². The summed E-state index contributed by atoms with van der Waals surface area (Å²) in [5, 5.41) is 16.8. The van der Waals surface area contributed by atoms with E-state index in [9.17, 15) is 9.90 Å². The molecule has 3 rings (SSSR count). The molecular formula is C20H26Cl2N6O2. The SMILES string of the molecule is CC(C)Nc1ncc(Cl)c(N2CCN(C(=O)N[C@H](CO)c3cccc(Cl)c3)CC2)n1. The van der Waals surface area contributed by atoms with Crippen molar-refractivity contribution in [3.63, 3.8) is 0 Å². The van der Waals surface area contributed by atoms with Crippen LogP contribution >= 0.6 is 23.2 Å². The number of piperazine rings is 1. The van der Waals surface area contributed by atoms with Gasteiger partial charge in [0.15, 0.2) is 5.82 Å². The van der Waals surface area contributed by atoms with E-state index in [1.165, 1.54) is 0 Å². The van der Waals surface area contributed by atoms with Gasteiger partial charge in [-0.25, -0.2) is 9.78 Å². The van der Waals surface area contributed by atoms with Crippen molar-refractivity contribution in [2.24, 2.45) is 0 Å². The van der Waals surface area contributed by atoms with Crippen LogP contribution in [0.15, 0.2) is 30.5 Å². The number of aromatic nitrogens is 2. The summed E-state index contributed by atoms with van der Waals surface area (Å²) in [4.78, 5) is 25.2. The van der Waals surface area contributed by atoms with Crippen LogP contribution in [0, 0.1) is 0 Å². The van der Waals surface area contributed by atoms with Gasteiger partial charge in [-0.3, -0.25) is 0 Å². The lowest BCUT2D eigenvalue weighted by Gasteiger charge is -2.36. The van der Waals surface area contributed by atoms with Crippen LogP contribution in [0.3, 0.4) is 0 Å². The molecule has 162 valence electrons. The molecule has 0 unspecified atom stereocenters. The zero-order chi connectivity index (χ0) is 21.7. The Kier molecular flexibility index (Phi) is 7.58. The van der Waals surface area contributed by atoms with E-state index in [-0.39, 0.29) is 18.7 Å². The molecule has 1 aromatic carbocycles. The summed E-state index contributed by atoms with van der Waals surface area (Å²) in [6, 6.07) is 6.56. The number of aliphatic hydroxyl groups is 1. The predicted molar refractivity (Wildman–Crippen MR) is 119 cm³/mol. The molecule has 0 radical (unpaired) electrons. The van der Waals surface area contributed by atoms with Gasteiger partial charge in [0.25, 0.3) is 0 Å². The van der Waals surface area contributed by atoms with Gasteiger partial charge in [0.2, 0.25) is 5.95 Å². The highest BCUT2D eigenvalue weighted by atomic mass is 35.5. The summed E-state index contributed by atoms with van der Waals surface area (Å²) in [5.74, 6) is 1.18. The summed E-state index contributed by atoms with van der Waals surface area (Å²) in [6.45, 7) is 6.00. The summed E-state index contributed by atoms with van der Waals surface area (Å²) in [7, 11) is 0. The second-order valence-electron chi connectivity index (χ2n) is 7.38. The fourth-order valence-corrected chi connectivity index (χ4v) is 3.64. The molecule has 2 aromatic rings. The van der Waals surface area contributed by atoms with Crippen molar-refractivity contribution >= 4 is 41.0 Å². The molecule has 1 aliphatic heterocycles. The highest BCUT2D eigenvalue weighted by Gasteiger charge is 2.25. The number of rotatable bonds is 6. The Balaban J connectivity index is 1.60. The predicted octanol–water partition coefficient (Wildman–Crippen LogP) is 3.17. The molecule has 2 heterocycles. The summed E-state index contributed by atoms with van der Waals surface area (Å²) < 4.78 is 0. The highest BCUT2D eigenvalue weighted by molar-refractivity contribution is 6.32. The van der Waals surface area contributed by atoms with Crippen molar-refractivity contribution in [1.29, 1.82) is 0 Å². The number of halogens is 2. The number of amides is 2. The smallest absolute Gasteiger partial charge is 0.318 e. The van der Waals surface area contributed by atoms with Crippen molar-refractivity contribution in [2.75, 3.05) is 43.0 Å². The van der Waals surface area contributed by atoms with E-state index in [0.717, 1.165) is 5.56 Å². The first-order valence-electron chi connectivity index (χ1n) is 9.83. The molecule has 10 heteroatoms. The van der Waals surface area contributed by atoms with Gasteiger partial charge in [-0.05, 0) is 31.5 Å². The molecule has 1 aliphatic rings. The normalized spacial score (nSPS) is 15.3. The van der Waals surface area contributed by atoms with Crippen LogP contribution in [0.2, 0.25) is 10.0 Å². The molecule has 0 spiro atoms. The van der Waals surface area contributed by atoms with Crippen molar-refractivity contribution in [2.45, 2.75) is 25.9 Å². The van der Waals surface area contributed by atoms with Crippen LogP contribution in [-0.4, -0.2) is 64.8 Å². The van der Waals surface area contributed by atoms with E-state index in [1.54, 1.807) is 29.3 Å². The molecule has 0 bridgehead atoms. The fourth-order valence-electron chi connectivity index (χ4n) is 3.23. The van der Waals surface area contributed by atoms with Crippen molar-refractivity contribution in [1.82, 2.24) is 20.2 Å². The minimum Gasteiger partial charge on any atom is -0.394 e. The minimum atomic E-state index is -0.518. The number of nitrogens with zero attached hydrogens (tertiary/aromatic N) is 4. The maximum atomic E-state index is 12.7. The summed E-state index contributed by atoms with van der Waals surface area (Å²) >= 11 is 12.3.